The summed E-state index contributed by atoms with van der Waals surface area (Å²) < 4.78 is 5.42. The van der Waals surface area contributed by atoms with Gasteiger partial charge in [-0.1, -0.05) is 78.6 Å². The molecule has 0 aromatic heterocycles. The van der Waals surface area contributed by atoms with Crippen molar-refractivity contribution in [3.8, 4) is 0 Å². The molecule has 0 amide bonds. The van der Waals surface area contributed by atoms with Gasteiger partial charge in [0.25, 0.3) is 0 Å². The third kappa shape index (κ3) is 11.3. The van der Waals surface area contributed by atoms with Gasteiger partial charge in [-0.05, 0) is 19.3 Å². The number of hydrogen-bond donors (Lipinski definition) is 0. The first-order valence-electron chi connectivity index (χ1n) is 8.92. The third-order valence-electron chi connectivity index (χ3n) is 3.85. The topological polar surface area (TPSA) is 26.3 Å². The van der Waals surface area contributed by atoms with E-state index in [2.05, 4.69) is 20.8 Å². The number of unbranched alkanes of at least 4 members (excludes halogenated alkanes) is 7. The summed E-state index contributed by atoms with van der Waals surface area (Å²) in [5.74, 6) is 0.177. The Morgan fingerprint density at radius 1 is 0.750 bits per heavy atom. The zero-order valence-electron chi connectivity index (χ0n) is 14.1. The van der Waals surface area contributed by atoms with Gasteiger partial charge in [0, 0.05) is 0 Å². The van der Waals surface area contributed by atoms with E-state index >= 15 is 0 Å². The van der Waals surface area contributed by atoms with E-state index in [0.717, 1.165) is 32.1 Å². The summed E-state index contributed by atoms with van der Waals surface area (Å²) in [5.41, 5.74) is 0. The highest BCUT2D eigenvalue weighted by atomic mass is 16.5. The summed E-state index contributed by atoms with van der Waals surface area (Å²) in [4.78, 5) is 11.9. The van der Waals surface area contributed by atoms with Crippen LogP contribution in [-0.2, 0) is 9.53 Å². The van der Waals surface area contributed by atoms with Gasteiger partial charge in [0.2, 0.25) is 0 Å². The Morgan fingerprint density at radius 2 is 1.25 bits per heavy atom. The molecule has 2 nitrogen and oxygen atoms in total. The first-order chi connectivity index (χ1) is 9.76. The lowest BCUT2D eigenvalue weighted by molar-refractivity contribution is -0.149. The molecule has 0 rings (SSSR count). The molecule has 0 aromatic carbocycles. The summed E-state index contributed by atoms with van der Waals surface area (Å²) in [6, 6.07) is 0. The molecule has 20 heavy (non-hydrogen) atoms. The van der Waals surface area contributed by atoms with Gasteiger partial charge in [-0.15, -0.1) is 0 Å². The highest BCUT2D eigenvalue weighted by Crippen LogP contribution is 2.15. The zero-order chi connectivity index (χ0) is 15.1. The van der Waals surface area contributed by atoms with Gasteiger partial charge in [0.05, 0.1) is 12.5 Å². The van der Waals surface area contributed by atoms with Crippen LogP contribution in [0.3, 0.4) is 0 Å². The van der Waals surface area contributed by atoms with Crippen molar-refractivity contribution >= 4 is 5.97 Å². The molecule has 0 atom stereocenters. The van der Waals surface area contributed by atoms with Gasteiger partial charge in [0.15, 0.2) is 0 Å². The average Bonchev–Trinajstić information content (AvgIpc) is 2.45. The number of rotatable bonds is 14. The zero-order valence-corrected chi connectivity index (χ0v) is 14.1. The van der Waals surface area contributed by atoms with Gasteiger partial charge in [-0.3, -0.25) is 4.79 Å². The summed E-state index contributed by atoms with van der Waals surface area (Å²) >= 11 is 0. The molecule has 0 aliphatic heterocycles. The molecular weight excluding hydrogens is 248 g/mol. The smallest absolute Gasteiger partial charge is 0.308 e. The van der Waals surface area contributed by atoms with Crippen LogP contribution in [0, 0.1) is 5.92 Å². The van der Waals surface area contributed by atoms with Crippen LogP contribution in [-0.4, -0.2) is 12.6 Å². The van der Waals surface area contributed by atoms with Crippen molar-refractivity contribution in [1.29, 1.82) is 0 Å². The van der Waals surface area contributed by atoms with Gasteiger partial charge in [0.1, 0.15) is 0 Å². The lowest BCUT2D eigenvalue weighted by Crippen LogP contribution is -2.18. The van der Waals surface area contributed by atoms with Gasteiger partial charge in [-0.25, -0.2) is 0 Å². The molecule has 0 unspecified atom stereocenters. The first-order valence-corrected chi connectivity index (χ1v) is 8.92. The number of hydrogen-bond acceptors (Lipinski definition) is 2. The van der Waals surface area contributed by atoms with E-state index in [4.69, 9.17) is 4.74 Å². The van der Waals surface area contributed by atoms with Crippen LogP contribution >= 0.6 is 0 Å². The molecule has 0 aromatic rings. The van der Waals surface area contributed by atoms with Gasteiger partial charge >= 0.3 is 5.97 Å². The highest BCUT2D eigenvalue weighted by molar-refractivity contribution is 5.72. The maximum absolute atomic E-state index is 11.9. The summed E-state index contributed by atoms with van der Waals surface area (Å²) in [6.45, 7) is 7.14. The average molecular weight is 284 g/mol. The summed E-state index contributed by atoms with van der Waals surface area (Å²) in [6.07, 6.45) is 14.4. The molecular formula is C18H36O2. The van der Waals surface area contributed by atoms with Crippen LogP contribution in [0.4, 0.5) is 0 Å². The first kappa shape index (κ1) is 19.5. The minimum Gasteiger partial charge on any atom is -0.465 e. The van der Waals surface area contributed by atoms with E-state index in [1.807, 2.05) is 0 Å². The van der Waals surface area contributed by atoms with Crippen LogP contribution in [0.25, 0.3) is 0 Å². The monoisotopic (exact) mass is 284 g/mol. The van der Waals surface area contributed by atoms with Crippen molar-refractivity contribution in [1.82, 2.24) is 0 Å². The molecule has 0 saturated heterocycles. The van der Waals surface area contributed by atoms with Gasteiger partial charge in [-0.2, -0.15) is 0 Å². The second-order valence-corrected chi connectivity index (χ2v) is 5.92. The maximum Gasteiger partial charge on any atom is 0.308 e. The van der Waals surface area contributed by atoms with Crippen molar-refractivity contribution in [3.05, 3.63) is 0 Å². The number of ether oxygens (including phenoxy) is 1. The Kier molecular flexibility index (Phi) is 14.5. The van der Waals surface area contributed by atoms with Crippen molar-refractivity contribution in [2.75, 3.05) is 6.61 Å². The molecule has 0 fully saturated rings. The van der Waals surface area contributed by atoms with E-state index < -0.39 is 0 Å². The minimum absolute atomic E-state index is 0.0386. The molecule has 0 heterocycles. The fourth-order valence-corrected chi connectivity index (χ4v) is 2.60. The van der Waals surface area contributed by atoms with E-state index in [1.54, 1.807) is 0 Å². The fraction of sp³-hybridized carbons (Fsp3) is 0.944. The number of carbonyl (C=O) groups is 1. The molecule has 2 heteroatoms. The quantitative estimate of drug-likeness (QED) is 0.294. The van der Waals surface area contributed by atoms with E-state index in [-0.39, 0.29) is 11.9 Å². The minimum atomic E-state index is 0.0386. The fourth-order valence-electron chi connectivity index (χ4n) is 2.60. The molecule has 0 bridgehead atoms. The number of carbonyl (C=O) groups excluding carboxylic acids is 1. The Labute approximate surface area is 126 Å². The maximum atomic E-state index is 11.9. The normalized spacial score (nSPS) is 11.0. The van der Waals surface area contributed by atoms with E-state index in [0.29, 0.717) is 6.61 Å². The lowest BCUT2D eigenvalue weighted by Gasteiger charge is -2.14. The van der Waals surface area contributed by atoms with E-state index in [1.165, 1.54) is 44.9 Å². The molecule has 0 aliphatic rings. The number of esters is 1. The lowest BCUT2D eigenvalue weighted by atomic mass is 9.99. The van der Waals surface area contributed by atoms with Gasteiger partial charge < -0.3 is 4.74 Å². The molecule has 0 spiro atoms. The van der Waals surface area contributed by atoms with Crippen LogP contribution in [0.15, 0.2) is 0 Å². The Hall–Kier alpha value is -0.530. The highest BCUT2D eigenvalue weighted by Gasteiger charge is 2.17. The van der Waals surface area contributed by atoms with Crippen molar-refractivity contribution in [3.63, 3.8) is 0 Å². The van der Waals surface area contributed by atoms with Crippen LogP contribution in [0.2, 0.25) is 0 Å². The predicted octanol–water partition coefficient (Wildman–Crippen LogP) is 5.89. The summed E-state index contributed by atoms with van der Waals surface area (Å²) in [5, 5.41) is 0. The second-order valence-electron chi connectivity index (χ2n) is 5.92. The van der Waals surface area contributed by atoms with Crippen molar-refractivity contribution in [2.24, 2.45) is 5.92 Å². The molecule has 0 saturated carbocycles. The second kappa shape index (κ2) is 14.9. The van der Waals surface area contributed by atoms with Crippen LogP contribution in [0.5, 0.6) is 0 Å². The Bertz CT molecular complexity index is 207. The molecule has 0 aliphatic carbocycles. The predicted molar refractivity (Wildman–Crippen MR) is 86.9 cm³/mol. The Morgan fingerprint density at radius 3 is 1.75 bits per heavy atom. The third-order valence-corrected chi connectivity index (χ3v) is 3.85. The largest absolute Gasteiger partial charge is 0.465 e. The molecule has 0 N–H and O–H groups in total. The van der Waals surface area contributed by atoms with Crippen LogP contribution < -0.4 is 0 Å². The standard InChI is InChI=1S/C18H36O2/c1-4-7-8-9-10-11-12-13-16-20-18(19)17(14-5-2)15-6-3/h17H,4-16H2,1-3H3. The van der Waals surface area contributed by atoms with Crippen molar-refractivity contribution in [2.45, 2.75) is 97.8 Å². The Balaban J connectivity index is 3.45. The molecule has 0 radical (unpaired) electrons. The summed E-state index contributed by atoms with van der Waals surface area (Å²) in [7, 11) is 0. The molecule has 120 valence electrons. The van der Waals surface area contributed by atoms with Crippen LogP contribution in [0.1, 0.15) is 97.8 Å². The SMILES string of the molecule is CCCCCCCCCCOC(=O)C(CCC)CCC. The van der Waals surface area contributed by atoms with Crippen molar-refractivity contribution < 1.29 is 9.53 Å². The van der Waals surface area contributed by atoms with E-state index in [9.17, 15) is 4.79 Å².